The van der Waals surface area contributed by atoms with Crippen LogP contribution in [0.5, 0.6) is 0 Å². The van der Waals surface area contributed by atoms with E-state index in [0.717, 1.165) is 12.8 Å². The molecular formula is C24H27N3O4. The van der Waals surface area contributed by atoms with Gasteiger partial charge >= 0.3 is 0 Å². The third-order valence-electron chi connectivity index (χ3n) is 6.60. The van der Waals surface area contributed by atoms with Gasteiger partial charge in [-0.3, -0.25) is 9.59 Å². The third-order valence-corrected chi connectivity index (χ3v) is 6.60. The Labute approximate surface area is 181 Å². The average molecular weight is 421 g/mol. The second-order valence-corrected chi connectivity index (χ2v) is 8.62. The van der Waals surface area contributed by atoms with E-state index in [1.54, 1.807) is 24.3 Å². The van der Waals surface area contributed by atoms with E-state index < -0.39 is 6.10 Å². The highest BCUT2D eigenvalue weighted by Gasteiger charge is 2.41. The number of carbonyl (C=O) groups is 2. The zero-order chi connectivity index (χ0) is 21.4. The summed E-state index contributed by atoms with van der Waals surface area (Å²) < 4.78 is 5.55. The molecule has 5 rings (SSSR count). The zero-order valence-electron chi connectivity index (χ0n) is 17.3. The van der Waals surface area contributed by atoms with Crippen molar-refractivity contribution in [2.45, 2.75) is 43.7 Å². The Bertz CT molecular complexity index is 977. The van der Waals surface area contributed by atoms with Crippen molar-refractivity contribution in [2.24, 2.45) is 0 Å². The van der Waals surface area contributed by atoms with Crippen LogP contribution >= 0.6 is 0 Å². The predicted octanol–water partition coefficient (Wildman–Crippen LogP) is 1.11. The molecule has 2 fully saturated rings. The van der Waals surface area contributed by atoms with Crippen molar-refractivity contribution in [3.8, 4) is 0 Å². The Hall–Kier alpha value is -2.74. The maximum atomic E-state index is 12.7. The Morgan fingerprint density at radius 3 is 2.58 bits per heavy atom. The number of ether oxygens (including phenoxy) is 1. The second kappa shape index (κ2) is 8.42. The van der Waals surface area contributed by atoms with Crippen molar-refractivity contribution < 1.29 is 19.4 Å². The summed E-state index contributed by atoms with van der Waals surface area (Å²) in [5.41, 5.74) is 3.53. The number of aliphatic hydroxyl groups excluding tert-OH is 1. The number of likely N-dealkylation sites (tertiary alicyclic amines) is 1. The summed E-state index contributed by atoms with van der Waals surface area (Å²) in [6, 6.07) is 15.0. The van der Waals surface area contributed by atoms with E-state index in [2.05, 4.69) is 22.8 Å². The first kappa shape index (κ1) is 20.2. The van der Waals surface area contributed by atoms with Gasteiger partial charge in [0.1, 0.15) is 0 Å². The molecule has 0 radical (unpaired) electrons. The Kier molecular flexibility index (Phi) is 5.48. The highest BCUT2D eigenvalue weighted by molar-refractivity contribution is 5.98. The molecule has 31 heavy (non-hydrogen) atoms. The van der Waals surface area contributed by atoms with Gasteiger partial charge < -0.3 is 25.4 Å². The summed E-state index contributed by atoms with van der Waals surface area (Å²) in [6.45, 7) is 2.13. The Morgan fingerprint density at radius 2 is 1.87 bits per heavy atom. The van der Waals surface area contributed by atoms with Gasteiger partial charge in [0.05, 0.1) is 24.9 Å². The fourth-order valence-electron chi connectivity index (χ4n) is 4.77. The molecule has 0 aromatic heterocycles. The quantitative estimate of drug-likeness (QED) is 0.673. The molecular weight excluding hydrogens is 394 g/mol. The van der Waals surface area contributed by atoms with Crippen LogP contribution in [0.2, 0.25) is 0 Å². The standard InChI is InChI=1S/C24H27N3O4/c28-22(21-9-17-3-1-2-4-18(17)11-25-21)12-26-23(29)15-5-7-16(8-6-15)24(30)27-13-20-10-19(27)14-31-20/h1-8,19-22,25,28H,9-14H2,(H,26,29)/t19?,20?,21-,22+/m0/s1. The van der Waals surface area contributed by atoms with Crippen molar-refractivity contribution in [2.75, 3.05) is 19.7 Å². The molecule has 2 amide bonds. The lowest BCUT2D eigenvalue weighted by Gasteiger charge is -2.30. The number of hydrogen-bond donors (Lipinski definition) is 3. The van der Waals surface area contributed by atoms with Crippen molar-refractivity contribution in [1.29, 1.82) is 0 Å². The van der Waals surface area contributed by atoms with Crippen molar-refractivity contribution in [3.63, 3.8) is 0 Å². The minimum absolute atomic E-state index is 0.0122. The molecule has 3 N–H and O–H groups in total. The first-order valence-electron chi connectivity index (χ1n) is 10.9. The van der Waals surface area contributed by atoms with E-state index in [1.807, 2.05) is 17.0 Å². The molecule has 2 aromatic carbocycles. The summed E-state index contributed by atoms with van der Waals surface area (Å²) in [5, 5.41) is 16.7. The molecule has 2 aromatic rings. The number of benzene rings is 2. The van der Waals surface area contributed by atoms with E-state index in [4.69, 9.17) is 4.74 Å². The highest BCUT2D eigenvalue weighted by Crippen LogP contribution is 2.29. The Morgan fingerprint density at radius 1 is 1.13 bits per heavy atom. The SMILES string of the molecule is O=C(NC[C@@H](O)[C@@H]1Cc2ccccc2CN1)c1ccc(C(=O)N2CC3CC2CO3)cc1. The van der Waals surface area contributed by atoms with Crippen LogP contribution in [-0.2, 0) is 17.7 Å². The molecule has 0 saturated carbocycles. The lowest BCUT2D eigenvalue weighted by molar-refractivity contribution is 0.0259. The predicted molar refractivity (Wildman–Crippen MR) is 115 cm³/mol. The Balaban J connectivity index is 1.14. The average Bonchev–Trinajstić information content (AvgIpc) is 3.45. The van der Waals surface area contributed by atoms with Gasteiger partial charge in [-0.1, -0.05) is 24.3 Å². The summed E-state index contributed by atoms with van der Waals surface area (Å²) in [7, 11) is 0. The number of carbonyl (C=O) groups excluding carboxylic acids is 2. The van der Waals surface area contributed by atoms with Crippen molar-refractivity contribution in [1.82, 2.24) is 15.5 Å². The topological polar surface area (TPSA) is 90.9 Å². The van der Waals surface area contributed by atoms with Crippen LogP contribution < -0.4 is 10.6 Å². The molecule has 2 unspecified atom stereocenters. The lowest BCUT2D eigenvalue weighted by Crippen LogP contribution is -2.49. The van der Waals surface area contributed by atoms with Crippen LogP contribution in [0.1, 0.15) is 38.3 Å². The minimum atomic E-state index is -0.689. The van der Waals surface area contributed by atoms with Crippen LogP contribution in [0, 0.1) is 0 Å². The molecule has 2 saturated heterocycles. The first-order chi connectivity index (χ1) is 15.1. The lowest BCUT2D eigenvalue weighted by atomic mass is 9.93. The number of morpholine rings is 1. The number of hydrogen-bond acceptors (Lipinski definition) is 5. The van der Waals surface area contributed by atoms with Gasteiger partial charge in [0.2, 0.25) is 0 Å². The van der Waals surface area contributed by atoms with Crippen LogP contribution in [0.3, 0.4) is 0 Å². The van der Waals surface area contributed by atoms with Gasteiger partial charge in [-0.2, -0.15) is 0 Å². The summed E-state index contributed by atoms with van der Waals surface area (Å²) >= 11 is 0. The molecule has 162 valence electrons. The number of aliphatic hydroxyl groups is 1. The van der Waals surface area contributed by atoms with Crippen LogP contribution in [-0.4, -0.2) is 65.8 Å². The number of nitrogens with zero attached hydrogens (tertiary/aromatic N) is 1. The minimum Gasteiger partial charge on any atom is -0.390 e. The largest absolute Gasteiger partial charge is 0.390 e. The first-order valence-corrected chi connectivity index (χ1v) is 10.9. The number of fused-ring (bicyclic) bond motifs is 3. The van der Waals surface area contributed by atoms with Gasteiger partial charge in [0.25, 0.3) is 11.8 Å². The zero-order valence-corrected chi connectivity index (χ0v) is 17.3. The summed E-state index contributed by atoms with van der Waals surface area (Å²) in [5.74, 6) is -0.273. The van der Waals surface area contributed by atoms with Gasteiger partial charge in [-0.05, 0) is 48.2 Å². The summed E-state index contributed by atoms with van der Waals surface area (Å²) in [6.07, 6.45) is 1.12. The molecule has 7 heteroatoms. The maximum Gasteiger partial charge on any atom is 0.254 e. The number of rotatable bonds is 5. The van der Waals surface area contributed by atoms with Crippen molar-refractivity contribution >= 4 is 11.8 Å². The van der Waals surface area contributed by atoms with E-state index in [0.29, 0.717) is 30.8 Å². The van der Waals surface area contributed by atoms with Gasteiger partial charge in [-0.15, -0.1) is 0 Å². The second-order valence-electron chi connectivity index (χ2n) is 8.62. The van der Waals surface area contributed by atoms with E-state index in [9.17, 15) is 14.7 Å². The molecule has 3 heterocycles. The summed E-state index contributed by atoms with van der Waals surface area (Å²) in [4.78, 5) is 27.1. The fraction of sp³-hybridized carbons (Fsp3) is 0.417. The van der Waals surface area contributed by atoms with E-state index in [-0.39, 0.29) is 36.5 Å². The van der Waals surface area contributed by atoms with Crippen LogP contribution in [0.4, 0.5) is 0 Å². The molecule has 3 aliphatic rings. The molecule has 4 atom stereocenters. The molecule has 2 bridgehead atoms. The van der Waals surface area contributed by atoms with Gasteiger partial charge in [0, 0.05) is 36.8 Å². The molecule has 0 spiro atoms. The third kappa shape index (κ3) is 4.08. The van der Waals surface area contributed by atoms with E-state index >= 15 is 0 Å². The van der Waals surface area contributed by atoms with Gasteiger partial charge in [-0.25, -0.2) is 0 Å². The molecule has 0 aliphatic carbocycles. The maximum absolute atomic E-state index is 12.7. The molecule has 7 nitrogen and oxygen atoms in total. The molecule has 3 aliphatic heterocycles. The number of amides is 2. The fourth-order valence-corrected chi connectivity index (χ4v) is 4.77. The van der Waals surface area contributed by atoms with Crippen LogP contribution in [0.15, 0.2) is 48.5 Å². The van der Waals surface area contributed by atoms with Crippen LogP contribution in [0.25, 0.3) is 0 Å². The van der Waals surface area contributed by atoms with E-state index in [1.165, 1.54) is 11.1 Å². The van der Waals surface area contributed by atoms with Crippen molar-refractivity contribution in [3.05, 3.63) is 70.8 Å². The normalized spacial score (nSPS) is 25.2. The number of nitrogens with one attached hydrogen (secondary N) is 2. The van der Waals surface area contributed by atoms with Gasteiger partial charge in [0.15, 0.2) is 0 Å². The highest BCUT2D eigenvalue weighted by atomic mass is 16.5. The monoisotopic (exact) mass is 421 g/mol. The smallest absolute Gasteiger partial charge is 0.254 e.